The number of carbonyl (C=O) groups is 3. The Labute approximate surface area is 150 Å². The third kappa shape index (κ3) is 7.92. The Bertz CT molecular complexity index is 486. The van der Waals surface area contributed by atoms with Crippen LogP contribution in [0.15, 0.2) is 0 Å². The molecule has 0 saturated carbocycles. The number of terminal acetylenes is 1. The van der Waals surface area contributed by atoms with Crippen molar-refractivity contribution in [2.75, 3.05) is 27.3 Å². The Balaban J connectivity index is 4.51. The van der Waals surface area contributed by atoms with E-state index in [4.69, 9.17) is 15.9 Å². The molecule has 0 aromatic rings. The second kappa shape index (κ2) is 12.2. The van der Waals surface area contributed by atoms with Gasteiger partial charge in [-0.05, 0) is 20.3 Å². The van der Waals surface area contributed by atoms with Gasteiger partial charge in [0, 0.05) is 14.1 Å². The minimum absolute atomic E-state index is 0.166. The van der Waals surface area contributed by atoms with Gasteiger partial charge in [0.05, 0.1) is 6.61 Å². The normalized spacial score (nSPS) is 12.5. The summed E-state index contributed by atoms with van der Waals surface area (Å²) in [4.78, 5) is 38.7. The number of carbonyl (C=O) groups excluding carboxylic acids is 3. The van der Waals surface area contributed by atoms with Crippen molar-refractivity contribution in [3.05, 3.63) is 0 Å². The molecule has 0 radical (unpaired) electrons. The van der Waals surface area contributed by atoms with Gasteiger partial charge < -0.3 is 14.4 Å². The summed E-state index contributed by atoms with van der Waals surface area (Å²) in [6.45, 7) is 5.43. The van der Waals surface area contributed by atoms with Gasteiger partial charge in [-0.2, -0.15) is 0 Å². The van der Waals surface area contributed by atoms with E-state index in [1.54, 1.807) is 13.8 Å². The van der Waals surface area contributed by atoms with Crippen LogP contribution in [-0.4, -0.2) is 67.2 Å². The van der Waals surface area contributed by atoms with Gasteiger partial charge >= 0.3 is 12.1 Å². The number of likely N-dealkylation sites (N-methyl/N-ethyl adjacent to an activating group) is 2. The second-order valence-electron chi connectivity index (χ2n) is 5.90. The SMILES string of the molecule is C#CCOC(=O)N(C)C(C)C(=O)N(C)C(C)C(=O)OCCCCCC. The molecule has 0 heterocycles. The van der Waals surface area contributed by atoms with E-state index in [1.165, 1.54) is 19.0 Å². The van der Waals surface area contributed by atoms with Gasteiger partial charge in [0.1, 0.15) is 12.1 Å². The lowest BCUT2D eigenvalue weighted by Crippen LogP contribution is -2.51. The van der Waals surface area contributed by atoms with Crippen molar-refractivity contribution >= 4 is 18.0 Å². The largest absolute Gasteiger partial charge is 0.464 e. The van der Waals surface area contributed by atoms with Gasteiger partial charge in [-0.15, -0.1) is 6.42 Å². The smallest absolute Gasteiger partial charge is 0.411 e. The molecule has 2 amide bonds. The van der Waals surface area contributed by atoms with Crippen LogP contribution in [-0.2, 0) is 19.1 Å². The van der Waals surface area contributed by atoms with Crippen molar-refractivity contribution in [1.82, 2.24) is 9.80 Å². The maximum atomic E-state index is 12.5. The highest BCUT2D eigenvalue weighted by atomic mass is 16.6. The first kappa shape index (κ1) is 22.8. The zero-order valence-electron chi connectivity index (χ0n) is 15.9. The molecule has 0 bridgehead atoms. The number of hydrogen-bond donors (Lipinski definition) is 0. The zero-order valence-corrected chi connectivity index (χ0v) is 15.9. The van der Waals surface area contributed by atoms with E-state index in [2.05, 4.69) is 12.8 Å². The molecular weight excluding hydrogens is 324 g/mol. The van der Waals surface area contributed by atoms with E-state index in [0.717, 1.165) is 30.6 Å². The molecule has 25 heavy (non-hydrogen) atoms. The van der Waals surface area contributed by atoms with Crippen molar-refractivity contribution in [1.29, 1.82) is 0 Å². The van der Waals surface area contributed by atoms with Crippen molar-refractivity contribution in [2.24, 2.45) is 0 Å². The fraction of sp³-hybridized carbons (Fsp3) is 0.722. The highest BCUT2D eigenvalue weighted by Crippen LogP contribution is 2.08. The van der Waals surface area contributed by atoms with Crippen molar-refractivity contribution in [2.45, 2.75) is 58.5 Å². The van der Waals surface area contributed by atoms with Crippen LogP contribution in [0.1, 0.15) is 46.5 Å². The quantitative estimate of drug-likeness (QED) is 0.341. The molecule has 0 N–H and O–H groups in total. The van der Waals surface area contributed by atoms with Crippen LogP contribution in [0.25, 0.3) is 0 Å². The van der Waals surface area contributed by atoms with Crippen LogP contribution in [0.2, 0.25) is 0 Å². The predicted octanol–water partition coefficient (Wildman–Crippen LogP) is 2.05. The molecule has 0 spiro atoms. The molecule has 2 unspecified atom stereocenters. The van der Waals surface area contributed by atoms with Crippen molar-refractivity contribution < 1.29 is 23.9 Å². The number of rotatable bonds is 10. The number of ether oxygens (including phenoxy) is 2. The molecule has 7 nitrogen and oxygen atoms in total. The number of esters is 1. The standard InChI is InChI=1S/C18H30N2O5/c1-7-9-10-11-13-24-17(22)15(4)19(5)16(21)14(3)20(6)18(23)25-12-8-2/h2,14-15H,7,9-13H2,1,3-6H3. The summed E-state index contributed by atoms with van der Waals surface area (Å²) in [5.41, 5.74) is 0. The monoisotopic (exact) mass is 354 g/mol. The molecule has 0 aliphatic rings. The lowest BCUT2D eigenvalue weighted by atomic mass is 10.2. The highest BCUT2D eigenvalue weighted by Gasteiger charge is 2.31. The molecule has 0 saturated heterocycles. The minimum Gasteiger partial charge on any atom is -0.464 e. The van der Waals surface area contributed by atoms with Crippen LogP contribution in [0.3, 0.4) is 0 Å². The number of amides is 2. The van der Waals surface area contributed by atoms with Crippen LogP contribution in [0, 0.1) is 12.3 Å². The molecule has 0 rings (SSSR count). The van der Waals surface area contributed by atoms with E-state index in [9.17, 15) is 14.4 Å². The first-order valence-electron chi connectivity index (χ1n) is 8.54. The maximum Gasteiger partial charge on any atom is 0.411 e. The van der Waals surface area contributed by atoms with Crippen molar-refractivity contribution in [3.63, 3.8) is 0 Å². The Morgan fingerprint density at radius 1 is 1.00 bits per heavy atom. The molecule has 2 atom stereocenters. The molecule has 0 aromatic carbocycles. The Morgan fingerprint density at radius 3 is 2.20 bits per heavy atom. The van der Waals surface area contributed by atoms with Gasteiger partial charge in [0.15, 0.2) is 6.61 Å². The van der Waals surface area contributed by atoms with Gasteiger partial charge in [-0.1, -0.05) is 32.1 Å². The average Bonchev–Trinajstić information content (AvgIpc) is 2.62. The number of hydrogen-bond acceptors (Lipinski definition) is 5. The summed E-state index contributed by atoms with van der Waals surface area (Å²) >= 11 is 0. The first-order valence-corrected chi connectivity index (χ1v) is 8.54. The summed E-state index contributed by atoms with van der Waals surface area (Å²) in [6.07, 6.45) is 8.36. The van der Waals surface area contributed by atoms with Gasteiger partial charge in [0.2, 0.25) is 5.91 Å². The lowest BCUT2D eigenvalue weighted by molar-refractivity contribution is -0.154. The van der Waals surface area contributed by atoms with Crippen LogP contribution in [0.4, 0.5) is 4.79 Å². The van der Waals surface area contributed by atoms with E-state index in [0.29, 0.717) is 6.61 Å². The van der Waals surface area contributed by atoms with E-state index >= 15 is 0 Å². The second-order valence-corrected chi connectivity index (χ2v) is 5.90. The highest BCUT2D eigenvalue weighted by molar-refractivity contribution is 5.89. The Morgan fingerprint density at radius 2 is 1.64 bits per heavy atom. The molecular formula is C18H30N2O5. The van der Waals surface area contributed by atoms with Gasteiger partial charge in [-0.3, -0.25) is 9.69 Å². The zero-order chi connectivity index (χ0) is 19.4. The van der Waals surface area contributed by atoms with E-state index in [1.807, 2.05) is 0 Å². The third-order valence-corrected chi connectivity index (χ3v) is 4.02. The van der Waals surface area contributed by atoms with Gasteiger partial charge in [-0.25, -0.2) is 9.59 Å². The Kier molecular flexibility index (Phi) is 11.1. The summed E-state index contributed by atoms with van der Waals surface area (Å²) in [7, 11) is 2.94. The Hall–Kier alpha value is -2.23. The fourth-order valence-electron chi connectivity index (χ4n) is 1.99. The summed E-state index contributed by atoms with van der Waals surface area (Å²) < 4.78 is 9.99. The van der Waals surface area contributed by atoms with Crippen LogP contribution < -0.4 is 0 Å². The summed E-state index contributed by atoms with van der Waals surface area (Å²) in [6, 6.07) is -1.54. The number of unbranched alkanes of at least 4 members (excludes halogenated alkanes) is 3. The molecule has 0 aromatic heterocycles. The summed E-state index contributed by atoms with van der Waals surface area (Å²) in [5.74, 6) is 1.33. The van der Waals surface area contributed by atoms with Crippen LogP contribution in [0.5, 0.6) is 0 Å². The molecule has 7 heteroatoms. The van der Waals surface area contributed by atoms with Gasteiger partial charge in [0.25, 0.3) is 0 Å². The van der Waals surface area contributed by atoms with E-state index < -0.39 is 30.1 Å². The molecule has 142 valence electrons. The third-order valence-electron chi connectivity index (χ3n) is 4.02. The number of nitrogens with zero attached hydrogens (tertiary/aromatic N) is 2. The molecule has 0 aliphatic heterocycles. The molecule has 0 fully saturated rings. The minimum atomic E-state index is -0.796. The topological polar surface area (TPSA) is 76.2 Å². The first-order chi connectivity index (χ1) is 11.8. The maximum absolute atomic E-state index is 12.5. The van der Waals surface area contributed by atoms with Crippen LogP contribution >= 0.6 is 0 Å². The predicted molar refractivity (Wildman–Crippen MR) is 94.7 cm³/mol. The molecule has 0 aliphatic carbocycles. The van der Waals surface area contributed by atoms with E-state index in [-0.39, 0.29) is 6.61 Å². The summed E-state index contributed by atoms with van der Waals surface area (Å²) in [5, 5.41) is 0. The van der Waals surface area contributed by atoms with Crippen molar-refractivity contribution in [3.8, 4) is 12.3 Å². The lowest BCUT2D eigenvalue weighted by Gasteiger charge is -2.30. The fourth-order valence-corrected chi connectivity index (χ4v) is 1.99. The average molecular weight is 354 g/mol.